The fourth-order valence-electron chi connectivity index (χ4n) is 2.33. The first-order chi connectivity index (χ1) is 7.36. The third-order valence-electron chi connectivity index (χ3n) is 3.13. The molecular formula is C13H17N2O. The van der Waals surface area contributed by atoms with Crippen LogP contribution in [0.3, 0.4) is 0 Å². The minimum Gasteiger partial charge on any atom is -0.257 e. The van der Waals surface area contributed by atoms with Crippen molar-refractivity contribution in [1.29, 1.82) is 0 Å². The van der Waals surface area contributed by atoms with E-state index in [0.717, 1.165) is 16.3 Å². The van der Waals surface area contributed by atoms with Crippen LogP contribution in [0.5, 0.6) is 0 Å². The van der Waals surface area contributed by atoms with Gasteiger partial charge in [0, 0.05) is 6.20 Å². The van der Waals surface area contributed by atoms with Crippen LogP contribution in [-0.2, 0) is 5.21 Å². The SMILES string of the molecule is CC1(C)C=C(c2ccccn2)C(C)(C)N1[O]. The second-order valence-electron chi connectivity index (χ2n) is 5.28. The van der Waals surface area contributed by atoms with Crippen molar-refractivity contribution >= 4 is 5.57 Å². The Bertz CT molecular complexity index is 421. The molecule has 1 aliphatic heterocycles. The zero-order valence-corrected chi connectivity index (χ0v) is 10.2. The third-order valence-corrected chi connectivity index (χ3v) is 3.13. The smallest absolute Gasteiger partial charge is 0.0714 e. The van der Waals surface area contributed by atoms with Crippen molar-refractivity contribution in [3.05, 3.63) is 36.2 Å². The average Bonchev–Trinajstić information content (AvgIpc) is 2.40. The van der Waals surface area contributed by atoms with Crippen LogP contribution >= 0.6 is 0 Å². The molecule has 0 bridgehead atoms. The number of hydrogen-bond acceptors (Lipinski definition) is 2. The van der Waals surface area contributed by atoms with Crippen molar-refractivity contribution in [3.63, 3.8) is 0 Å². The number of aromatic nitrogens is 1. The van der Waals surface area contributed by atoms with Crippen molar-refractivity contribution in [3.8, 4) is 0 Å². The molecule has 0 spiro atoms. The normalized spacial score (nSPS) is 23.2. The lowest BCUT2D eigenvalue weighted by atomic mass is 9.93. The van der Waals surface area contributed by atoms with E-state index in [9.17, 15) is 5.21 Å². The molecule has 0 saturated carbocycles. The quantitative estimate of drug-likeness (QED) is 0.725. The van der Waals surface area contributed by atoms with Crippen molar-refractivity contribution in [2.24, 2.45) is 0 Å². The predicted octanol–water partition coefficient (Wildman–Crippen LogP) is 2.68. The highest BCUT2D eigenvalue weighted by molar-refractivity contribution is 5.73. The van der Waals surface area contributed by atoms with Crippen LogP contribution in [0, 0.1) is 0 Å². The standard InChI is InChI=1S/C13H17N2O/c1-12(2)9-10(13(3,4)15(12)16)11-7-5-6-8-14-11/h5-9H,1-4H3. The van der Waals surface area contributed by atoms with Crippen LogP contribution in [0.1, 0.15) is 33.4 Å². The van der Waals surface area contributed by atoms with Crippen molar-refractivity contribution < 1.29 is 5.21 Å². The summed E-state index contributed by atoms with van der Waals surface area (Å²) in [6.45, 7) is 7.74. The second-order valence-corrected chi connectivity index (χ2v) is 5.28. The Morgan fingerprint density at radius 2 is 1.88 bits per heavy atom. The highest BCUT2D eigenvalue weighted by Crippen LogP contribution is 2.42. The zero-order chi connectivity index (χ0) is 12.0. The summed E-state index contributed by atoms with van der Waals surface area (Å²) >= 11 is 0. The maximum absolute atomic E-state index is 12.2. The van der Waals surface area contributed by atoms with Gasteiger partial charge in [-0.25, -0.2) is 0 Å². The Labute approximate surface area is 96.4 Å². The second kappa shape index (κ2) is 3.40. The molecule has 1 aromatic heterocycles. The molecular weight excluding hydrogens is 200 g/mol. The number of nitrogens with zero attached hydrogens (tertiary/aromatic N) is 2. The van der Waals surface area contributed by atoms with Crippen molar-refractivity contribution in [1.82, 2.24) is 10.0 Å². The van der Waals surface area contributed by atoms with E-state index in [1.54, 1.807) is 6.20 Å². The topological polar surface area (TPSA) is 36.0 Å². The van der Waals surface area contributed by atoms with E-state index in [1.165, 1.54) is 0 Å². The minimum atomic E-state index is -0.516. The largest absolute Gasteiger partial charge is 0.257 e. The minimum absolute atomic E-state index is 0.462. The Balaban J connectivity index is 2.50. The van der Waals surface area contributed by atoms with E-state index in [1.807, 2.05) is 52.0 Å². The lowest BCUT2D eigenvalue weighted by molar-refractivity contribution is -0.234. The molecule has 0 fully saturated rings. The van der Waals surface area contributed by atoms with Crippen LogP contribution in [0.25, 0.3) is 5.57 Å². The molecule has 0 aliphatic carbocycles. The van der Waals surface area contributed by atoms with Crippen molar-refractivity contribution in [2.45, 2.75) is 38.8 Å². The summed E-state index contributed by atoms with van der Waals surface area (Å²) in [7, 11) is 0. The fraction of sp³-hybridized carbons (Fsp3) is 0.462. The molecule has 16 heavy (non-hydrogen) atoms. The van der Waals surface area contributed by atoms with Gasteiger partial charge < -0.3 is 0 Å². The van der Waals surface area contributed by atoms with Crippen LogP contribution in [0.2, 0.25) is 0 Å². The van der Waals surface area contributed by atoms with Gasteiger partial charge in [0.05, 0.1) is 16.8 Å². The third kappa shape index (κ3) is 1.56. The predicted molar refractivity (Wildman–Crippen MR) is 62.9 cm³/mol. The van der Waals surface area contributed by atoms with Gasteiger partial charge >= 0.3 is 0 Å². The highest BCUT2D eigenvalue weighted by Gasteiger charge is 2.47. The molecule has 3 nitrogen and oxygen atoms in total. The zero-order valence-electron chi connectivity index (χ0n) is 10.2. The molecule has 85 valence electrons. The van der Waals surface area contributed by atoms with E-state index in [4.69, 9.17) is 0 Å². The van der Waals surface area contributed by atoms with Gasteiger partial charge in [0.2, 0.25) is 0 Å². The summed E-state index contributed by atoms with van der Waals surface area (Å²) in [5.41, 5.74) is 0.917. The van der Waals surface area contributed by atoms with Crippen LogP contribution in [0.4, 0.5) is 0 Å². The Morgan fingerprint density at radius 3 is 2.31 bits per heavy atom. The first-order valence-electron chi connectivity index (χ1n) is 5.48. The first-order valence-corrected chi connectivity index (χ1v) is 5.48. The Hall–Kier alpha value is -1.19. The van der Waals surface area contributed by atoms with Gasteiger partial charge in [-0.05, 0) is 45.4 Å². The lowest BCUT2D eigenvalue weighted by Gasteiger charge is -2.33. The van der Waals surface area contributed by atoms with Gasteiger partial charge in [-0.3, -0.25) is 4.98 Å². The van der Waals surface area contributed by atoms with Crippen molar-refractivity contribution in [2.75, 3.05) is 0 Å². The summed E-state index contributed by atoms with van der Waals surface area (Å²) in [5, 5.41) is 13.3. The average molecular weight is 217 g/mol. The molecule has 0 unspecified atom stereocenters. The van der Waals surface area contributed by atoms with Crippen LogP contribution in [-0.4, -0.2) is 21.1 Å². The van der Waals surface area contributed by atoms with Gasteiger partial charge in [0.1, 0.15) is 0 Å². The summed E-state index contributed by atoms with van der Waals surface area (Å²) in [6, 6.07) is 5.77. The van der Waals surface area contributed by atoms with Gasteiger partial charge in [-0.15, -0.1) is 10.3 Å². The fourth-order valence-corrected chi connectivity index (χ4v) is 2.33. The molecule has 0 saturated heterocycles. The summed E-state index contributed by atoms with van der Waals surface area (Å²) < 4.78 is 0. The number of rotatable bonds is 1. The molecule has 0 N–H and O–H groups in total. The van der Waals surface area contributed by atoms with E-state index in [-0.39, 0.29) is 0 Å². The Morgan fingerprint density at radius 1 is 1.19 bits per heavy atom. The van der Waals surface area contributed by atoms with E-state index >= 15 is 0 Å². The lowest BCUT2D eigenvalue weighted by Crippen LogP contribution is -2.46. The summed E-state index contributed by atoms with van der Waals surface area (Å²) in [4.78, 5) is 4.32. The maximum atomic E-state index is 12.2. The molecule has 0 atom stereocenters. The van der Waals surface area contributed by atoms with Crippen LogP contribution in [0.15, 0.2) is 30.5 Å². The van der Waals surface area contributed by atoms with E-state index in [2.05, 4.69) is 4.98 Å². The number of pyridine rings is 1. The molecule has 1 radical (unpaired) electrons. The summed E-state index contributed by atoms with van der Waals surface area (Å²) in [6.07, 6.45) is 3.77. The number of hydroxylamine groups is 2. The molecule has 1 aromatic rings. The van der Waals surface area contributed by atoms with E-state index in [0.29, 0.717) is 0 Å². The molecule has 0 amide bonds. The molecule has 0 aromatic carbocycles. The summed E-state index contributed by atoms with van der Waals surface area (Å²) in [5.74, 6) is 0. The van der Waals surface area contributed by atoms with Gasteiger partial charge in [-0.2, -0.15) is 0 Å². The molecule has 2 rings (SSSR count). The first kappa shape index (κ1) is 11.3. The molecule has 3 heteroatoms. The maximum Gasteiger partial charge on any atom is 0.0714 e. The Kier molecular flexibility index (Phi) is 2.40. The molecule has 2 heterocycles. The monoisotopic (exact) mass is 217 g/mol. The van der Waals surface area contributed by atoms with Gasteiger partial charge in [0.25, 0.3) is 0 Å². The van der Waals surface area contributed by atoms with E-state index < -0.39 is 11.1 Å². The molecule has 1 aliphatic rings. The van der Waals surface area contributed by atoms with Crippen LogP contribution < -0.4 is 0 Å². The van der Waals surface area contributed by atoms with Gasteiger partial charge in [-0.1, -0.05) is 12.1 Å². The number of hydrogen-bond donors (Lipinski definition) is 0. The van der Waals surface area contributed by atoms with Gasteiger partial charge in [0.15, 0.2) is 0 Å². The highest BCUT2D eigenvalue weighted by atomic mass is 16.5.